The highest BCUT2D eigenvalue weighted by Crippen LogP contribution is 2.21. The van der Waals surface area contributed by atoms with E-state index in [0.717, 1.165) is 34.5 Å². The van der Waals surface area contributed by atoms with Crippen molar-refractivity contribution in [2.24, 2.45) is 0 Å². The Morgan fingerprint density at radius 2 is 2.07 bits per heavy atom. The van der Waals surface area contributed by atoms with Crippen LogP contribution in [0.4, 0.5) is 5.82 Å². The van der Waals surface area contributed by atoms with Gasteiger partial charge in [-0.05, 0) is 38.0 Å². The SMILES string of the molecule is CC(=N)/C(C1=CCOCC1)=C(/C)NCC(=O)Nc1ccc(-c2cnccn2)cn1. The van der Waals surface area contributed by atoms with Gasteiger partial charge >= 0.3 is 0 Å². The Morgan fingerprint density at radius 1 is 1.21 bits per heavy atom. The predicted molar refractivity (Wildman–Crippen MR) is 112 cm³/mol. The van der Waals surface area contributed by atoms with E-state index in [1.54, 1.807) is 37.8 Å². The van der Waals surface area contributed by atoms with Gasteiger partial charge in [0.25, 0.3) is 0 Å². The molecule has 3 N–H and O–H groups in total. The Labute approximate surface area is 169 Å². The number of carbonyl (C=O) groups is 1. The number of hydrogen-bond acceptors (Lipinski definition) is 7. The number of pyridine rings is 1. The summed E-state index contributed by atoms with van der Waals surface area (Å²) in [6.45, 7) is 4.91. The van der Waals surface area contributed by atoms with Crippen molar-refractivity contribution >= 4 is 17.4 Å². The molecule has 0 aliphatic carbocycles. The summed E-state index contributed by atoms with van der Waals surface area (Å²) in [5.41, 5.74) is 4.72. The Kier molecular flexibility index (Phi) is 6.80. The molecule has 0 saturated carbocycles. The highest BCUT2D eigenvalue weighted by Gasteiger charge is 2.15. The van der Waals surface area contributed by atoms with Gasteiger partial charge in [0.15, 0.2) is 0 Å². The third-order valence-corrected chi connectivity index (χ3v) is 4.44. The number of anilines is 1. The molecule has 0 bridgehead atoms. The van der Waals surface area contributed by atoms with Crippen molar-refractivity contribution < 1.29 is 9.53 Å². The smallest absolute Gasteiger partial charge is 0.244 e. The fourth-order valence-electron chi connectivity index (χ4n) is 3.07. The maximum absolute atomic E-state index is 12.3. The van der Waals surface area contributed by atoms with Crippen molar-refractivity contribution in [3.8, 4) is 11.3 Å². The molecule has 29 heavy (non-hydrogen) atoms. The molecule has 8 heteroatoms. The van der Waals surface area contributed by atoms with Crippen molar-refractivity contribution in [1.82, 2.24) is 20.3 Å². The van der Waals surface area contributed by atoms with Crippen molar-refractivity contribution in [1.29, 1.82) is 5.41 Å². The molecule has 2 aromatic rings. The zero-order valence-corrected chi connectivity index (χ0v) is 16.5. The van der Waals surface area contributed by atoms with Crippen LogP contribution >= 0.6 is 0 Å². The quantitative estimate of drug-likeness (QED) is 0.625. The number of allylic oxidation sites excluding steroid dienone is 2. The molecule has 3 heterocycles. The standard InChI is InChI=1S/C21H24N6O2/c1-14(22)21(16-5-9-29-10-6-16)15(2)25-13-20(28)27-19-4-3-17(11-26-19)18-12-23-7-8-24-18/h3-5,7-8,11-12,22,25H,6,9-10,13H2,1-2H3,(H,26,27,28)/b21-15+,22-14?. The van der Waals surface area contributed by atoms with Crippen LogP contribution in [0.1, 0.15) is 20.3 Å². The Hall–Kier alpha value is -3.39. The summed E-state index contributed by atoms with van der Waals surface area (Å²) in [4.78, 5) is 24.8. The molecule has 3 rings (SSSR count). The third-order valence-electron chi connectivity index (χ3n) is 4.44. The largest absolute Gasteiger partial charge is 0.379 e. The van der Waals surface area contributed by atoms with Crippen molar-refractivity contribution in [2.75, 3.05) is 25.1 Å². The van der Waals surface area contributed by atoms with Crippen LogP contribution in [0.5, 0.6) is 0 Å². The summed E-state index contributed by atoms with van der Waals surface area (Å²) < 4.78 is 5.34. The monoisotopic (exact) mass is 392 g/mol. The Bertz CT molecular complexity index is 935. The van der Waals surface area contributed by atoms with Crippen LogP contribution in [0.2, 0.25) is 0 Å². The van der Waals surface area contributed by atoms with Gasteiger partial charge in [0.05, 0.1) is 31.6 Å². The molecule has 150 valence electrons. The summed E-state index contributed by atoms with van der Waals surface area (Å²) >= 11 is 0. The van der Waals surface area contributed by atoms with Gasteiger partial charge < -0.3 is 20.8 Å². The Balaban J connectivity index is 1.60. The molecule has 1 aliphatic heterocycles. The molecule has 0 spiro atoms. The van der Waals surface area contributed by atoms with Crippen LogP contribution in [-0.2, 0) is 9.53 Å². The minimum Gasteiger partial charge on any atom is -0.379 e. The molecule has 0 aromatic carbocycles. The maximum atomic E-state index is 12.3. The van der Waals surface area contributed by atoms with E-state index in [0.29, 0.717) is 24.7 Å². The van der Waals surface area contributed by atoms with E-state index in [4.69, 9.17) is 10.1 Å². The number of nitrogens with one attached hydrogen (secondary N) is 3. The molecule has 0 radical (unpaired) electrons. The molecule has 0 atom stereocenters. The van der Waals surface area contributed by atoms with E-state index in [1.165, 1.54) is 0 Å². The number of carbonyl (C=O) groups excluding carboxylic acids is 1. The maximum Gasteiger partial charge on any atom is 0.244 e. The van der Waals surface area contributed by atoms with Gasteiger partial charge in [-0.3, -0.25) is 14.8 Å². The van der Waals surface area contributed by atoms with Gasteiger partial charge in [0.1, 0.15) is 5.82 Å². The second-order valence-electron chi connectivity index (χ2n) is 6.60. The molecule has 8 nitrogen and oxygen atoms in total. The lowest BCUT2D eigenvalue weighted by atomic mass is 9.96. The van der Waals surface area contributed by atoms with Crippen molar-refractivity contribution in [2.45, 2.75) is 20.3 Å². The Morgan fingerprint density at radius 3 is 2.69 bits per heavy atom. The first kappa shape index (κ1) is 20.3. The van der Waals surface area contributed by atoms with E-state index in [9.17, 15) is 4.79 Å². The summed E-state index contributed by atoms with van der Waals surface area (Å²) in [6.07, 6.45) is 9.28. The van der Waals surface area contributed by atoms with Crippen molar-refractivity contribution in [3.63, 3.8) is 0 Å². The summed E-state index contributed by atoms with van der Waals surface area (Å²) in [5, 5.41) is 14.0. The van der Waals surface area contributed by atoms with Gasteiger partial charge in [-0.15, -0.1) is 0 Å². The van der Waals surface area contributed by atoms with Crippen LogP contribution in [-0.4, -0.2) is 46.3 Å². The molecule has 0 unspecified atom stereocenters. The second kappa shape index (κ2) is 9.70. The zero-order valence-electron chi connectivity index (χ0n) is 16.5. The van der Waals surface area contributed by atoms with Crippen LogP contribution in [0.15, 0.2) is 59.8 Å². The van der Waals surface area contributed by atoms with E-state index >= 15 is 0 Å². The first-order valence-electron chi connectivity index (χ1n) is 9.34. The van der Waals surface area contributed by atoms with E-state index < -0.39 is 0 Å². The van der Waals surface area contributed by atoms with Gasteiger partial charge in [0.2, 0.25) is 5.91 Å². The second-order valence-corrected chi connectivity index (χ2v) is 6.60. The summed E-state index contributed by atoms with van der Waals surface area (Å²) in [6, 6.07) is 3.56. The fourth-order valence-corrected chi connectivity index (χ4v) is 3.07. The predicted octanol–water partition coefficient (Wildman–Crippen LogP) is 2.73. The lowest BCUT2D eigenvalue weighted by Crippen LogP contribution is -2.29. The lowest BCUT2D eigenvalue weighted by molar-refractivity contribution is -0.115. The van der Waals surface area contributed by atoms with E-state index in [2.05, 4.69) is 25.6 Å². The minimum absolute atomic E-state index is 0.0833. The zero-order chi connectivity index (χ0) is 20.6. The number of nitrogens with zero attached hydrogens (tertiary/aromatic N) is 3. The van der Waals surface area contributed by atoms with Gasteiger partial charge in [0, 0.05) is 41.1 Å². The average molecular weight is 392 g/mol. The number of aromatic nitrogens is 3. The van der Waals surface area contributed by atoms with Crippen LogP contribution in [0.3, 0.4) is 0 Å². The highest BCUT2D eigenvalue weighted by molar-refractivity contribution is 6.00. The molecule has 1 amide bonds. The molecular formula is C21H24N6O2. The lowest BCUT2D eigenvalue weighted by Gasteiger charge is -2.19. The molecule has 0 fully saturated rings. The fraction of sp³-hybridized carbons (Fsp3) is 0.286. The number of hydrogen-bond donors (Lipinski definition) is 3. The molecule has 0 saturated heterocycles. The first-order valence-corrected chi connectivity index (χ1v) is 9.34. The van der Waals surface area contributed by atoms with Crippen LogP contribution in [0, 0.1) is 5.41 Å². The third kappa shape index (κ3) is 5.55. The van der Waals surface area contributed by atoms with Crippen LogP contribution < -0.4 is 10.6 Å². The van der Waals surface area contributed by atoms with Crippen LogP contribution in [0.25, 0.3) is 11.3 Å². The number of rotatable bonds is 7. The molecule has 1 aliphatic rings. The van der Waals surface area contributed by atoms with E-state index in [-0.39, 0.29) is 12.5 Å². The van der Waals surface area contributed by atoms with Gasteiger partial charge in [-0.1, -0.05) is 6.08 Å². The summed E-state index contributed by atoms with van der Waals surface area (Å²) in [5.74, 6) is 0.244. The summed E-state index contributed by atoms with van der Waals surface area (Å²) in [7, 11) is 0. The molecule has 2 aromatic heterocycles. The van der Waals surface area contributed by atoms with Gasteiger partial charge in [-0.25, -0.2) is 4.98 Å². The average Bonchev–Trinajstić information content (AvgIpc) is 2.74. The minimum atomic E-state index is -0.216. The topological polar surface area (TPSA) is 113 Å². The first-order chi connectivity index (χ1) is 14.0. The van der Waals surface area contributed by atoms with E-state index in [1.807, 2.05) is 19.1 Å². The van der Waals surface area contributed by atoms with Gasteiger partial charge in [-0.2, -0.15) is 0 Å². The molecular weight excluding hydrogens is 368 g/mol. The van der Waals surface area contributed by atoms with Crippen molar-refractivity contribution in [3.05, 3.63) is 59.8 Å². The number of amides is 1. The normalized spacial score (nSPS) is 14.5. The highest BCUT2D eigenvalue weighted by atomic mass is 16.5. The number of ether oxygens (including phenoxy) is 1.